The van der Waals surface area contributed by atoms with Crippen LogP contribution in [0.3, 0.4) is 0 Å². The van der Waals surface area contributed by atoms with Crippen LogP contribution in [0.25, 0.3) is 0 Å². The number of ether oxygens (including phenoxy) is 1. The van der Waals surface area contributed by atoms with Crippen molar-refractivity contribution in [2.45, 2.75) is 20.2 Å². The van der Waals surface area contributed by atoms with Gasteiger partial charge in [0.15, 0.2) is 5.78 Å². The van der Waals surface area contributed by atoms with E-state index in [1.54, 1.807) is 24.3 Å². The van der Waals surface area contributed by atoms with E-state index in [1.165, 1.54) is 24.4 Å². The van der Waals surface area contributed by atoms with Crippen LogP contribution in [0.5, 0.6) is 5.75 Å². The Morgan fingerprint density at radius 3 is 2.31 bits per heavy atom. The minimum Gasteiger partial charge on any atom is -0.406 e. The van der Waals surface area contributed by atoms with Gasteiger partial charge in [-0.1, -0.05) is 49.4 Å². The zero-order valence-corrected chi connectivity index (χ0v) is 18.8. The number of amidine groups is 1. The number of nitrogens with zero attached hydrogens (tertiary/aromatic N) is 2. The minimum absolute atomic E-state index is 0. The third-order valence-corrected chi connectivity index (χ3v) is 5.35. The quantitative estimate of drug-likeness (QED) is 0.184. The zero-order valence-electron chi connectivity index (χ0n) is 18.0. The molecule has 2 N–H and O–H groups in total. The highest BCUT2D eigenvalue weighted by molar-refractivity contribution is 6.30. The first kappa shape index (κ1) is 26.7. The molecule has 1 fully saturated rings. The van der Waals surface area contributed by atoms with Gasteiger partial charge in [0.1, 0.15) is 17.4 Å². The lowest BCUT2D eigenvalue weighted by molar-refractivity contribution is -0.274. The molecule has 1 amide bonds. The predicted octanol–water partition coefficient (Wildman–Crippen LogP) is 5.59. The van der Waals surface area contributed by atoms with Crippen LogP contribution in [-0.4, -0.2) is 46.9 Å². The molecule has 7 nitrogen and oxygen atoms in total. The van der Waals surface area contributed by atoms with Gasteiger partial charge in [0.05, 0.1) is 5.02 Å². The fourth-order valence-electron chi connectivity index (χ4n) is 3.30. The van der Waals surface area contributed by atoms with E-state index in [-0.39, 0.29) is 36.6 Å². The fraction of sp³-hybridized carbons (Fsp3) is 0.200. The molecule has 1 aliphatic rings. The highest BCUT2D eigenvalue weighted by atomic mass is 35.5. The van der Waals surface area contributed by atoms with E-state index in [2.05, 4.69) is 15.0 Å². The number of amides is 1. The van der Waals surface area contributed by atoms with Crippen LogP contribution in [0.1, 0.15) is 39.3 Å². The first-order valence-corrected chi connectivity index (χ1v) is 10.8. The number of hydrogen-bond donors (Lipinski definition) is 2. The largest absolute Gasteiger partial charge is 0.573 e. The molecule has 36 heavy (non-hydrogen) atoms. The summed E-state index contributed by atoms with van der Waals surface area (Å²) in [4.78, 5) is 31.6. The predicted molar refractivity (Wildman–Crippen MR) is 130 cm³/mol. The average Bonchev–Trinajstić information content (AvgIpc) is 3.65. The molecule has 3 aromatic rings. The van der Waals surface area contributed by atoms with Gasteiger partial charge >= 0.3 is 6.36 Å². The van der Waals surface area contributed by atoms with E-state index < -0.39 is 18.0 Å². The van der Waals surface area contributed by atoms with Gasteiger partial charge in [0, 0.05) is 42.4 Å². The number of rotatable bonds is 7. The number of pyridine rings is 1. The lowest BCUT2D eigenvalue weighted by Crippen LogP contribution is -2.20. The number of nitrogens with one attached hydrogen (secondary N) is 2. The van der Waals surface area contributed by atoms with Crippen LogP contribution in [0.15, 0.2) is 60.8 Å². The number of halogens is 4. The zero-order chi connectivity index (χ0) is 25.2. The standard InChI is InChI=1S/C24H18ClF3N4O3.CH4/c25-17-6-8-21(30-13-17)31-23(34)19-12-18(35-24(26,27)28)7-5-16(19)11-20(33)14-1-3-15(4-2-14)22(29)32-9-10-32;/h1-8,12-13,29H,9-11H2,(H,30,31,34);1H4. The van der Waals surface area contributed by atoms with Crippen molar-refractivity contribution in [1.29, 1.82) is 5.41 Å². The number of aromatic nitrogens is 1. The van der Waals surface area contributed by atoms with Gasteiger partial charge in [-0.25, -0.2) is 4.98 Å². The number of carbonyl (C=O) groups excluding carboxylic acids is 2. The van der Waals surface area contributed by atoms with Crippen LogP contribution in [0.4, 0.5) is 19.0 Å². The summed E-state index contributed by atoms with van der Waals surface area (Å²) in [5.41, 5.74) is 1.05. The Labute approximate surface area is 210 Å². The average molecular weight is 519 g/mol. The second kappa shape index (κ2) is 10.8. The van der Waals surface area contributed by atoms with Crippen molar-refractivity contribution in [3.05, 3.63) is 88.1 Å². The van der Waals surface area contributed by atoms with Crippen LogP contribution >= 0.6 is 11.6 Å². The molecular formula is C25H22ClF3N4O3. The van der Waals surface area contributed by atoms with E-state index in [9.17, 15) is 22.8 Å². The van der Waals surface area contributed by atoms with Crippen molar-refractivity contribution in [3.8, 4) is 5.75 Å². The van der Waals surface area contributed by atoms with Crippen molar-refractivity contribution in [1.82, 2.24) is 9.88 Å². The summed E-state index contributed by atoms with van der Waals surface area (Å²) in [6.07, 6.45) is -3.89. The molecule has 0 saturated carbocycles. The molecule has 11 heteroatoms. The lowest BCUT2D eigenvalue weighted by atomic mass is 9.97. The Hall–Kier alpha value is -3.92. The molecule has 0 unspecified atom stereocenters. The summed E-state index contributed by atoms with van der Waals surface area (Å²) >= 11 is 5.78. The number of hydrogen-bond acceptors (Lipinski definition) is 5. The molecule has 1 aromatic heterocycles. The van der Waals surface area contributed by atoms with Crippen molar-refractivity contribution in [3.63, 3.8) is 0 Å². The molecule has 1 saturated heterocycles. The molecule has 0 aliphatic carbocycles. The summed E-state index contributed by atoms with van der Waals surface area (Å²) in [5, 5.41) is 10.9. The van der Waals surface area contributed by atoms with Gasteiger partial charge in [-0.2, -0.15) is 0 Å². The van der Waals surface area contributed by atoms with Gasteiger partial charge in [-0.05, 0) is 29.8 Å². The molecule has 0 atom stereocenters. The van der Waals surface area contributed by atoms with Crippen LogP contribution in [0.2, 0.25) is 5.02 Å². The Morgan fingerprint density at radius 2 is 1.72 bits per heavy atom. The van der Waals surface area contributed by atoms with Gasteiger partial charge in [-0.15, -0.1) is 13.2 Å². The number of Topliss-reactive ketones (excluding diaryl/α,β-unsaturated/α-hetero) is 1. The highest BCUT2D eigenvalue weighted by Gasteiger charge is 2.31. The number of benzene rings is 2. The molecule has 188 valence electrons. The number of carbonyl (C=O) groups is 2. The highest BCUT2D eigenvalue weighted by Crippen LogP contribution is 2.27. The maximum Gasteiger partial charge on any atom is 0.573 e. The van der Waals surface area contributed by atoms with Crippen molar-refractivity contribution in [2.75, 3.05) is 18.4 Å². The Bertz CT molecular complexity index is 1280. The molecule has 2 heterocycles. The van der Waals surface area contributed by atoms with E-state index in [0.29, 0.717) is 22.0 Å². The van der Waals surface area contributed by atoms with Crippen LogP contribution in [0, 0.1) is 5.41 Å². The number of anilines is 1. The molecule has 1 aliphatic heterocycles. The molecular weight excluding hydrogens is 497 g/mol. The van der Waals surface area contributed by atoms with Crippen LogP contribution < -0.4 is 10.1 Å². The van der Waals surface area contributed by atoms with Crippen molar-refractivity contribution in [2.24, 2.45) is 0 Å². The second-order valence-corrected chi connectivity index (χ2v) is 8.13. The summed E-state index contributed by atoms with van der Waals surface area (Å²) in [6.45, 7) is 1.65. The topological polar surface area (TPSA) is 95.2 Å². The van der Waals surface area contributed by atoms with Crippen LogP contribution in [-0.2, 0) is 6.42 Å². The van der Waals surface area contributed by atoms with Gasteiger partial charge < -0.3 is 15.0 Å². The molecule has 0 bridgehead atoms. The summed E-state index contributed by atoms with van der Waals surface area (Å²) in [6, 6.07) is 12.6. The van der Waals surface area contributed by atoms with E-state index in [4.69, 9.17) is 17.0 Å². The molecule has 4 rings (SSSR count). The number of ketones is 1. The maximum atomic E-state index is 12.9. The summed E-state index contributed by atoms with van der Waals surface area (Å²) in [5.74, 6) is -1.21. The third kappa shape index (κ3) is 6.82. The first-order chi connectivity index (χ1) is 16.6. The fourth-order valence-corrected chi connectivity index (χ4v) is 3.41. The Morgan fingerprint density at radius 1 is 1.06 bits per heavy atom. The van der Waals surface area contributed by atoms with Gasteiger partial charge in [-0.3, -0.25) is 15.0 Å². The maximum absolute atomic E-state index is 12.9. The third-order valence-electron chi connectivity index (χ3n) is 5.12. The molecule has 0 radical (unpaired) electrons. The Balaban J connectivity index is 0.00000361. The number of alkyl halides is 3. The van der Waals surface area contributed by atoms with Gasteiger partial charge in [0.25, 0.3) is 5.91 Å². The second-order valence-electron chi connectivity index (χ2n) is 7.70. The minimum atomic E-state index is -4.95. The molecule has 0 spiro atoms. The summed E-state index contributed by atoms with van der Waals surface area (Å²) < 4.78 is 42.1. The monoisotopic (exact) mass is 518 g/mol. The van der Waals surface area contributed by atoms with E-state index in [1.807, 2.05) is 4.90 Å². The van der Waals surface area contributed by atoms with E-state index in [0.717, 1.165) is 25.2 Å². The van der Waals surface area contributed by atoms with E-state index >= 15 is 0 Å². The Kier molecular flexibility index (Phi) is 7.99. The van der Waals surface area contributed by atoms with Crippen molar-refractivity contribution >= 4 is 34.9 Å². The molecule has 2 aromatic carbocycles. The first-order valence-electron chi connectivity index (χ1n) is 10.4. The summed E-state index contributed by atoms with van der Waals surface area (Å²) in [7, 11) is 0. The van der Waals surface area contributed by atoms with Crippen molar-refractivity contribution < 1.29 is 27.5 Å². The smallest absolute Gasteiger partial charge is 0.406 e. The SMILES string of the molecule is C.N=C(c1ccc(C(=O)Cc2ccc(OC(F)(F)F)cc2C(=O)Nc2ccc(Cl)cn2)cc1)N1CC1. The van der Waals surface area contributed by atoms with Gasteiger partial charge in [0.2, 0.25) is 0 Å². The normalized spacial score (nSPS) is 12.4. The lowest BCUT2D eigenvalue weighted by Gasteiger charge is -2.14.